The minimum atomic E-state index is -4.63. The minimum absolute atomic E-state index is 0.0516. The number of morpholine rings is 1. The summed E-state index contributed by atoms with van der Waals surface area (Å²) in [6, 6.07) is 10.8. The predicted octanol–water partition coefficient (Wildman–Crippen LogP) is 3.54. The molecule has 1 aliphatic rings. The van der Waals surface area contributed by atoms with Gasteiger partial charge >= 0.3 is 6.18 Å². The molecule has 31 heavy (non-hydrogen) atoms. The first-order chi connectivity index (χ1) is 14.8. The van der Waals surface area contributed by atoms with E-state index in [-0.39, 0.29) is 12.1 Å². The summed E-state index contributed by atoms with van der Waals surface area (Å²) in [5.41, 5.74) is 1.19. The van der Waals surface area contributed by atoms with Gasteiger partial charge in [-0.3, -0.25) is 9.89 Å². The maximum Gasteiger partial charge on any atom is 0.416 e. The molecule has 9 heteroatoms. The number of rotatable bonds is 6. The SMILES string of the molecule is CN=C(NCc1ccc(CN2CCOCC2)cc1)NCc1ccc(F)cc1C(F)(F)F. The molecule has 2 N–H and O–H groups in total. The smallest absolute Gasteiger partial charge is 0.379 e. The summed E-state index contributed by atoms with van der Waals surface area (Å²) in [6.45, 7) is 4.58. The largest absolute Gasteiger partial charge is 0.416 e. The van der Waals surface area contributed by atoms with Gasteiger partial charge in [0.2, 0.25) is 0 Å². The molecule has 1 saturated heterocycles. The highest BCUT2D eigenvalue weighted by molar-refractivity contribution is 5.79. The maximum absolute atomic E-state index is 13.2. The molecule has 1 heterocycles. The van der Waals surface area contributed by atoms with Crippen molar-refractivity contribution in [1.82, 2.24) is 15.5 Å². The van der Waals surface area contributed by atoms with Crippen molar-refractivity contribution >= 4 is 5.96 Å². The second-order valence-corrected chi connectivity index (χ2v) is 7.28. The Balaban J connectivity index is 1.52. The molecule has 0 saturated carbocycles. The fourth-order valence-electron chi connectivity index (χ4n) is 3.33. The van der Waals surface area contributed by atoms with Crippen LogP contribution in [0.1, 0.15) is 22.3 Å². The zero-order valence-corrected chi connectivity index (χ0v) is 17.3. The highest BCUT2D eigenvalue weighted by Gasteiger charge is 2.33. The molecule has 2 aromatic rings. The number of hydrogen-bond donors (Lipinski definition) is 2. The minimum Gasteiger partial charge on any atom is -0.379 e. The van der Waals surface area contributed by atoms with Crippen LogP contribution in [0.25, 0.3) is 0 Å². The van der Waals surface area contributed by atoms with Gasteiger partial charge in [-0.05, 0) is 28.8 Å². The molecule has 3 rings (SSSR count). The lowest BCUT2D eigenvalue weighted by Gasteiger charge is -2.26. The molecule has 1 fully saturated rings. The zero-order valence-electron chi connectivity index (χ0n) is 17.3. The molecule has 168 valence electrons. The number of ether oxygens (including phenoxy) is 1. The number of nitrogens with zero attached hydrogens (tertiary/aromatic N) is 2. The van der Waals surface area contributed by atoms with Crippen molar-refractivity contribution < 1.29 is 22.3 Å². The Morgan fingerprint density at radius 3 is 2.29 bits per heavy atom. The number of nitrogens with one attached hydrogen (secondary N) is 2. The van der Waals surface area contributed by atoms with E-state index in [1.807, 2.05) is 12.1 Å². The molecule has 2 aromatic carbocycles. The van der Waals surface area contributed by atoms with Crippen molar-refractivity contribution in [3.05, 3.63) is 70.5 Å². The van der Waals surface area contributed by atoms with Gasteiger partial charge in [-0.15, -0.1) is 0 Å². The third kappa shape index (κ3) is 6.93. The molecular weight excluding hydrogens is 412 g/mol. The maximum atomic E-state index is 13.2. The third-order valence-electron chi connectivity index (χ3n) is 5.04. The van der Waals surface area contributed by atoms with Crippen LogP contribution in [-0.2, 0) is 30.5 Å². The van der Waals surface area contributed by atoms with Crippen LogP contribution in [0.15, 0.2) is 47.5 Å². The van der Waals surface area contributed by atoms with Crippen LogP contribution < -0.4 is 10.6 Å². The van der Waals surface area contributed by atoms with Crippen molar-refractivity contribution in [1.29, 1.82) is 0 Å². The zero-order chi connectivity index (χ0) is 22.3. The van der Waals surface area contributed by atoms with Gasteiger partial charge in [-0.2, -0.15) is 13.2 Å². The molecule has 0 amide bonds. The normalized spacial score (nSPS) is 15.7. The van der Waals surface area contributed by atoms with Crippen molar-refractivity contribution in [2.75, 3.05) is 33.4 Å². The average molecular weight is 438 g/mol. The number of halogens is 4. The van der Waals surface area contributed by atoms with Crippen LogP contribution in [0.5, 0.6) is 0 Å². The van der Waals surface area contributed by atoms with Gasteiger partial charge in [-0.25, -0.2) is 4.39 Å². The van der Waals surface area contributed by atoms with E-state index in [2.05, 4.69) is 32.7 Å². The molecule has 0 atom stereocenters. The van der Waals surface area contributed by atoms with Gasteiger partial charge in [0.25, 0.3) is 0 Å². The lowest BCUT2D eigenvalue weighted by molar-refractivity contribution is -0.138. The van der Waals surface area contributed by atoms with E-state index in [0.29, 0.717) is 18.6 Å². The van der Waals surface area contributed by atoms with Gasteiger partial charge in [0, 0.05) is 39.8 Å². The molecule has 0 bridgehead atoms. The van der Waals surface area contributed by atoms with Gasteiger partial charge < -0.3 is 15.4 Å². The Hall–Kier alpha value is -2.65. The number of benzene rings is 2. The number of alkyl halides is 3. The molecule has 1 aliphatic heterocycles. The first kappa shape index (κ1) is 23.0. The van der Waals surface area contributed by atoms with Crippen molar-refractivity contribution in [2.24, 2.45) is 4.99 Å². The van der Waals surface area contributed by atoms with Crippen molar-refractivity contribution in [3.63, 3.8) is 0 Å². The lowest BCUT2D eigenvalue weighted by atomic mass is 10.1. The second-order valence-electron chi connectivity index (χ2n) is 7.28. The van der Waals surface area contributed by atoms with E-state index in [0.717, 1.165) is 50.5 Å². The Morgan fingerprint density at radius 1 is 1.00 bits per heavy atom. The Labute approximate surface area is 179 Å². The lowest BCUT2D eigenvalue weighted by Crippen LogP contribution is -2.36. The van der Waals surface area contributed by atoms with Crippen LogP contribution in [0.2, 0.25) is 0 Å². The summed E-state index contributed by atoms with van der Waals surface area (Å²) in [6.07, 6.45) is -4.63. The Morgan fingerprint density at radius 2 is 1.65 bits per heavy atom. The predicted molar refractivity (Wildman–Crippen MR) is 111 cm³/mol. The summed E-state index contributed by atoms with van der Waals surface area (Å²) >= 11 is 0. The Bertz CT molecular complexity index is 878. The highest BCUT2D eigenvalue weighted by atomic mass is 19.4. The van der Waals surface area contributed by atoms with E-state index >= 15 is 0 Å². The van der Waals surface area contributed by atoms with E-state index in [1.165, 1.54) is 12.6 Å². The van der Waals surface area contributed by atoms with Crippen LogP contribution in [-0.4, -0.2) is 44.2 Å². The summed E-state index contributed by atoms with van der Waals surface area (Å²) in [4.78, 5) is 6.38. The fourth-order valence-corrected chi connectivity index (χ4v) is 3.33. The van der Waals surface area contributed by atoms with Crippen LogP contribution >= 0.6 is 0 Å². The first-order valence-electron chi connectivity index (χ1n) is 10.0. The quantitative estimate of drug-likeness (QED) is 0.412. The van der Waals surface area contributed by atoms with Crippen LogP contribution in [0.4, 0.5) is 17.6 Å². The molecule has 0 aromatic heterocycles. The van der Waals surface area contributed by atoms with E-state index in [9.17, 15) is 17.6 Å². The van der Waals surface area contributed by atoms with Crippen LogP contribution in [0.3, 0.4) is 0 Å². The van der Waals surface area contributed by atoms with Gasteiger partial charge in [0.15, 0.2) is 5.96 Å². The van der Waals surface area contributed by atoms with Crippen molar-refractivity contribution in [3.8, 4) is 0 Å². The van der Waals surface area contributed by atoms with Crippen molar-refractivity contribution in [2.45, 2.75) is 25.8 Å². The van der Waals surface area contributed by atoms with Gasteiger partial charge in [0.05, 0.1) is 18.8 Å². The van der Waals surface area contributed by atoms with Gasteiger partial charge in [0.1, 0.15) is 5.82 Å². The summed E-state index contributed by atoms with van der Waals surface area (Å²) in [5.74, 6) is -0.564. The Kier molecular flexibility index (Phi) is 7.86. The van der Waals surface area contributed by atoms with Crippen LogP contribution in [0, 0.1) is 5.82 Å². The monoisotopic (exact) mass is 438 g/mol. The number of guanidine groups is 1. The molecule has 0 radical (unpaired) electrons. The molecule has 5 nitrogen and oxygen atoms in total. The molecule has 0 spiro atoms. The van der Waals surface area contributed by atoms with Gasteiger partial charge in [-0.1, -0.05) is 30.3 Å². The standard InChI is InChI=1S/C22H26F4N4O/c1-27-21(29-14-18-6-7-19(23)12-20(18)22(24,25)26)28-13-16-2-4-17(5-3-16)15-30-8-10-31-11-9-30/h2-7,12H,8-11,13-15H2,1H3,(H2,27,28,29). The summed E-state index contributed by atoms with van der Waals surface area (Å²) in [5, 5.41) is 5.93. The fraction of sp³-hybridized carbons (Fsp3) is 0.409. The van der Waals surface area contributed by atoms with E-state index in [1.54, 1.807) is 0 Å². The summed E-state index contributed by atoms with van der Waals surface area (Å²) < 4.78 is 58.0. The highest BCUT2D eigenvalue weighted by Crippen LogP contribution is 2.32. The molecule has 0 aliphatic carbocycles. The molecular formula is C22H26F4N4O. The van der Waals surface area contributed by atoms with E-state index in [4.69, 9.17) is 4.74 Å². The molecule has 0 unspecified atom stereocenters. The summed E-state index contributed by atoms with van der Waals surface area (Å²) in [7, 11) is 1.54. The first-order valence-corrected chi connectivity index (χ1v) is 10.0. The number of hydrogen-bond acceptors (Lipinski definition) is 3. The topological polar surface area (TPSA) is 48.9 Å². The third-order valence-corrected chi connectivity index (χ3v) is 5.04. The average Bonchev–Trinajstić information content (AvgIpc) is 2.76. The van der Waals surface area contributed by atoms with E-state index < -0.39 is 17.6 Å². The second kappa shape index (κ2) is 10.6. The number of aliphatic imine (C=N–C) groups is 1.